The second-order valence-electron chi connectivity index (χ2n) is 10.3. The van der Waals surface area contributed by atoms with Crippen LogP contribution in [0.1, 0.15) is 60.5 Å². The Balaban J connectivity index is 1.71. The van der Waals surface area contributed by atoms with Crippen LogP contribution < -0.4 is 14.8 Å². The number of ether oxygens (including phenoxy) is 2. The van der Waals surface area contributed by atoms with E-state index in [0.717, 1.165) is 36.1 Å². The predicted molar refractivity (Wildman–Crippen MR) is 158 cm³/mol. The SMILES string of the molecule is C#CCOc1c(Cl)cc(C=Nc2sc3c(c2C(=O)Nc2ccccc2)CC[C@@H](C(C)(C)C)C3)cc1OCC. The van der Waals surface area contributed by atoms with Gasteiger partial charge in [-0.3, -0.25) is 4.79 Å². The number of rotatable bonds is 8. The van der Waals surface area contributed by atoms with Crippen LogP contribution in [0.15, 0.2) is 47.5 Å². The summed E-state index contributed by atoms with van der Waals surface area (Å²) in [5.74, 6) is 3.77. The standard InChI is InChI=1S/C31H33ClN2O3S/c1-6-15-37-28-24(32)16-20(17-25(28)36-7-2)19-33-30-27(29(35)34-22-11-9-8-10-12-22)23-14-13-21(31(3,4)5)18-26(23)38-30/h1,8-12,16-17,19,21H,7,13-15,18H2,2-5H3,(H,34,35)/t21-/m1/s1. The van der Waals surface area contributed by atoms with E-state index in [2.05, 4.69) is 32.0 Å². The van der Waals surface area contributed by atoms with Crippen LogP contribution >= 0.6 is 22.9 Å². The van der Waals surface area contributed by atoms with Gasteiger partial charge in [0.1, 0.15) is 11.6 Å². The average Bonchev–Trinajstić information content (AvgIpc) is 3.25. The molecule has 2 aromatic carbocycles. The highest BCUT2D eigenvalue weighted by Gasteiger charge is 2.33. The molecule has 0 bridgehead atoms. The maximum Gasteiger partial charge on any atom is 0.259 e. The normalized spacial score (nSPS) is 15.1. The third-order valence-corrected chi connectivity index (χ3v) is 8.14. The van der Waals surface area contributed by atoms with Gasteiger partial charge in [0, 0.05) is 16.8 Å². The smallest absolute Gasteiger partial charge is 0.259 e. The molecule has 1 aromatic heterocycles. The van der Waals surface area contributed by atoms with Crippen molar-refractivity contribution in [3.05, 3.63) is 69.1 Å². The molecule has 3 aromatic rings. The molecule has 0 radical (unpaired) electrons. The molecule has 5 nitrogen and oxygen atoms in total. The van der Waals surface area contributed by atoms with Crippen molar-refractivity contribution in [2.45, 2.75) is 47.0 Å². The Morgan fingerprint density at radius 3 is 2.71 bits per heavy atom. The number of carbonyl (C=O) groups is 1. The largest absolute Gasteiger partial charge is 0.490 e. The summed E-state index contributed by atoms with van der Waals surface area (Å²) in [4.78, 5) is 19.6. The first kappa shape index (κ1) is 27.8. The van der Waals surface area contributed by atoms with E-state index < -0.39 is 0 Å². The first-order chi connectivity index (χ1) is 18.2. The Kier molecular flexibility index (Phi) is 8.81. The van der Waals surface area contributed by atoms with E-state index >= 15 is 0 Å². The second-order valence-corrected chi connectivity index (χ2v) is 11.8. The summed E-state index contributed by atoms with van der Waals surface area (Å²) in [6.07, 6.45) is 9.93. The Hall–Kier alpha value is -3.27. The molecule has 1 amide bonds. The zero-order chi connectivity index (χ0) is 27.3. The number of amides is 1. The molecule has 1 atom stereocenters. The molecule has 0 saturated carbocycles. The summed E-state index contributed by atoms with van der Waals surface area (Å²) >= 11 is 8.11. The third-order valence-electron chi connectivity index (χ3n) is 6.69. The van der Waals surface area contributed by atoms with E-state index in [9.17, 15) is 4.79 Å². The Labute approximate surface area is 234 Å². The monoisotopic (exact) mass is 548 g/mol. The minimum absolute atomic E-state index is 0.0867. The molecule has 1 aliphatic rings. The number of benzene rings is 2. The molecule has 7 heteroatoms. The van der Waals surface area contributed by atoms with Crippen LogP contribution in [0.5, 0.6) is 11.5 Å². The molecule has 38 heavy (non-hydrogen) atoms. The first-order valence-electron chi connectivity index (χ1n) is 12.8. The molecular formula is C31H33ClN2O3S. The van der Waals surface area contributed by atoms with Gasteiger partial charge in [0.05, 0.1) is 17.2 Å². The number of aliphatic imine (C=N–C) groups is 1. The summed E-state index contributed by atoms with van der Waals surface area (Å²) < 4.78 is 11.3. The number of carbonyl (C=O) groups excluding carboxylic acids is 1. The van der Waals surface area contributed by atoms with E-state index in [0.29, 0.717) is 39.6 Å². The average molecular weight is 549 g/mol. The number of para-hydroxylation sites is 1. The van der Waals surface area contributed by atoms with Gasteiger partial charge < -0.3 is 14.8 Å². The van der Waals surface area contributed by atoms with Gasteiger partial charge >= 0.3 is 0 Å². The molecule has 0 saturated heterocycles. The molecule has 0 fully saturated rings. The topological polar surface area (TPSA) is 59.9 Å². The Morgan fingerprint density at radius 1 is 1.26 bits per heavy atom. The highest BCUT2D eigenvalue weighted by molar-refractivity contribution is 7.16. The van der Waals surface area contributed by atoms with Crippen molar-refractivity contribution in [2.24, 2.45) is 16.3 Å². The lowest BCUT2D eigenvalue weighted by Crippen LogP contribution is -2.27. The van der Waals surface area contributed by atoms with E-state index in [1.54, 1.807) is 23.6 Å². The van der Waals surface area contributed by atoms with Crippen LogP contribution in [-0.2, 0) is 12.8 Å². The van der Waals surface area contributed by atoms with Gasteiger partial charge in [-0.25, -0.2) is 4.99 Å². The number of nitrogens with one attached hydrogen (secondary N) is 1. The van der Waals surface area contributed by atoms with Crippen molar-refractivity contribution < 1.29 is 14.3 Å². The number of anilines is 1. The van der Waals surface area contributed by atoms with Crippen molar-refractivity contribution >= 4 is 45.7 Å². The second kappa shape index (κ2) is 12.1. The lowest BCUT2D eigenvalue weighted by Gasteiger charge is -2.33. The van der Waals surface area contributed by atoms with Crippen LogP contribution in [-0.4, -0.2) is 25.3 Å². The molecular weight excluding hydrogens is 516 g/mol. The number of fused-ring (bicyclic) bond motifs is 1. The third kappa shape index (κ3) is 6.40. The van der Waals surface area contributed by atoms with Gasteiger partial charge in [0.25, 0.3) is 5.91 Å². The summed E-state index contributed by atoms with van der Waals surface area (Å²) in [7, 11) is 0. The quantitative estimate of drug-likeness (QED) is 0.229. The fourth-order valence-electron chi connectivity index (χ4n) is 4.66. The van der Waals surface area contributed by atoms with Gasteiger partial charge in [-0.05, 0) is 72.9 Å². The van der Waals surface area contributed by atoms with Crippen molar-refractivity contribution in [3.63, 3.8) is 0 Å². The number of terminal acetylenes is 1. The minimum atomic E-state index is -0.138. The van der Waals surface area contributed by atoms with Gasteiger partial charge in [0.2, 0.25) is 0 Å². The van der Waals surface area contributed by atoms with Crippen molar-refractivity contribution in [1.29, 1.82) is 0 Å². The van der Waals surface area contributed by atoms with E-state index in [1.807, 2.05) is 43.3 Å². The highest BCUT2D eigenvalue weighted by atomic mass is 35.5. The van der Waals surface area contributed by atoms with Crippen molar-refractivity contribution in [1.82, 2.24) is 0 Å². The van der Waals surface area contributed by atoms with Gasteiger partial charge in [-0.1, -0.05) is 56.5 Å². The fraction of sp³-hybridized carbons (Fsp3) is 0.355. The van der Waals surface area contributed by atoms with Crippen LogP contribution in [0.25, 0.3) is 0 Å². The van der Waals surface area contributed by atoms with Crippen LogP contribution in [0.3, 0.4) is 0 Å². The molecule has 198 valence electrons. The number of hydrogen-bond acceptors (Lipinski definition) is 5. The lowest BCUT2D eigenvalue weighted by atomic mass is 9.72. The molecule has 1 N–H and O–H groups in total. The zero-order valence-electron chi connectivity index (χ0n) is 22.3. The molecule has 0 spiro atoms. The van der Waals surface area contributed by atoms with Gasteiger partial charge in [0.15, 0.2) is 11.5 Å². The zero-order valence-corrected chi connectivity index (χ0v) is 23.8. The summed E-state index contributed by atoms with van der Waals surface area (Å²) in [6, 6.07) is 13.1. The van der Waals surface area contributed by atoms with Gasteiger partial charge in [-0.2, -0.15) is 0 Å². The molecule has 0 aliphatic heterocycles. The summed E-state index contributed by atoms with van der Waals surface area (Å²) in [6.45, 7) is 9.28. The van der Waals surface area contributed by atoms with E-state index in [-0.39, 0.29) is 17.9 Å². The molecule has 1 aliphatic carbocycles. The Morgan fingerprint density at radius 2 is 2.03 bits per heavy atom. The molecule has 1 heterocycles. The fourth-order valence-corrected chi connectivity index (χ4v) is 6.21. The first-order valence-corrected chi connectivity index (χ1v) is 14.0. The van der Waals surface area contributed by atoms with E-state index in [1.165, 1.54) is 4.88 Å². The predicted octanol–water partition coefficient (Wildman–Crippen LogP) is 7.97. The number of nitrogens with zero attached hydrogens (tertiary/aromatic N) is 1. The van der Waals surface area contributed by atoms with Crippen LogP contribution in [0.2, 0.25) is 5.02 Å². The maximum atomic E-state index is 13.5. The van der Waals surface area contributed by atoms with Crippen molar-refractivity contribution in [3.8, 4) is 23.8 Å². The van der Waals surface area contributed by atoms with Crippen LogP contribution in [0, 0.1) is 23.7 Å². The molecule has 4 rings (SSSR count). The number of thiophene rings is 1. The Bertz CT molecular complexity index is 1370. The summed E-state index contributed by atoms with van der Waals surface area (Å²) in [5.41, 5.74) is 3.46. The number of hydrogen-bond donors (Lipinski definition) is 1. The maximum absolute atomic E-state index is 13.5. The lowest BCUT2D eigenvalue weighted by molar-refractivity contribution is 0.102. The minimum Gasteiger partial charge on any atom is -0.490 e. The molecule has 0 unspecified atom stereocenters. The highest BCUT2D eigenvalue weighted by Crippen LogP contribution is 2.45. The van der Waals surface area contributed by atoms with Crippen molar-refractivity contribution in [2.75, 3.05) is 18.5 Å². The van der Waals surface area contributed by atoms with Gasteiger partial charge in [-0.15, -0.1) is 17.8 Å². The number of halogens is 1. The summed E-state index contributed by atoms with van der Waals surface area (Å²) in [5, 5.41) is 4.13. The van der Waals surface area contributed by atoms with Crippen LogP contribution in [0.4, 0.5) is 10.7 Å². The van der Waals surface area contributed by atoms with E-state index in [4.69, 9.17) is 32.5 Å².